The number of rotatable bonds is 6. The van der Waals surface area contributed by atoms with Crippen molar-refractivity contribution in [1.29, 1.82) is 0 Å². The summed E-state index contributed by atoms with van der Waals surface area (Å²) in [6.07, 6.45) is 3.76. The fourth-order valence-electron chi connectivity index (χ4n) is 7.59. The summed E-state index contributed by atoms with van der Waals surface area (Å²) in [6, 6.07) is 27.5. The Balaban J connectivity index is 1.43. The highest BCUT2D eigenvalue weighted by molar-refractivity contribution is 6.17. The number of Topliss-reactive ketones (excluding diaryl/α,β-unsaturated/α-hetero) is 2. The lowest BCUT2D eigenvalue weighted by atomic mass is 9.63. The van der Waals surface area contributed by atoms with E-state index in [-0.39, 0.29) is 23.0 Å². The van der Waals surface area contributed by atoms with Crippen LogP contribution in [0.25, 0.3) is 17.0 Å². The van der Waals surface area contributed by atoms with Gasteiger partial charge in [0.25, 0.3) is 0 Å². The number of ether oxygens (including phenoxy) is 2. The number of ketones is 2. The Bertz CT molecular complexity index is 2050. The van der Waals surface area contributed by atoms with E-state index in [0.717, 1.165) is 16.5 Å². The van der Waals surface area contributed by atoms with Crippen LogP contribution < -0.4 is 14.8 Å². The van der Waals surface area contributed by atoms with E-state index in [2.05, 4.69) is 5.32 Å². The van der Waals surface area contributed by atoms with Crippen molar-refractivity contribution in [2.75, 3.05) is 19.5 Å². The predicted octanol–water partition coefficient (Wildman–Crippen LogP) is 6.43. The van der Waals surface area contributed by atoms with Crippen molar-refractivity contribution in [1.82, 2.24) is 4.90 Å². The molecule has 4 aromatic carbocycles. The van der Waals surface area contributed by atoms with Gasteiger partial charge in [0.2, 0.25) is 11.7 Å². The summed E-state index contributed by atoms with van der Waals surface area (Å²) in [5, 5.41) is 3.82. The van der Waals surface area contributed by atoms with Crippen LogP contribution in [0.4, 0.5) is 5.69 Å². The van der Waals surface area contributed by atoms with Crippen LogP contribution in [0.15, 0.2) is 108 Å². The third-order valence-corrected chi connectivity index (χ3v) is 9.46. The van der Waals surface area contributed by atoms with Crippen molar-refractivity contribution in [2.24, 2.45) is 5.92 Å². The van der Waals surface area contributed by atoms with Crippen molar-refractivity contribution in [2.45, 2.75) is 17.5 Å². The molecule has 45 heavy (non-hydrogen) atoms. The molecule has 8 heteroatoms. The zero-order valence-corrected chi connectivity index (χ0v) is 24.5. The Morgan fingerprint density at radius 1 is 0.867 bits per heavy atom. The molecule has 3 aliphatic rings. The van der Waals surface area contributed by atoms with Gasteiger partial charge in [0.15, 0.2) is 11.5 Å². The Labute approximate surface area is 258 Å². The van der Waals surface area contributed by atoms with Gasteiger partial charge < -0.3 is 24.1 Å². The zero-order valence-electron chi connectivity index (χ0n) is 24.5. The highest BCUT2D eigenvalue weighted by Gasteiger charge is 2.71. The SMILES string of the molecule is COc1ccc(OC)c(C(=O)[C@@H]2[C@H](C(=O)c3cc4ccccc4o3)[C@@]3(C(=O)Nc4ccccc43)[C@@H]3c4ccccc4C=CN23)c1. The maximum Gasteiger partial charge on any atom is 0.238 e. The Morgan fingerprint density at radius 3 is 2.47 bits per heavy atom. The van der Waals surface area contributed by atoms with Crippen LogP contribution >= 0.6 is 0 Å². The standard InChI is InChI=1S/C37H28N2O6/c1-43-23-15-16-29(44-2)25(20-23)33(40)32-31(34(41)30-19-22-10-4-8-14-28(22)45-30)37(26-12-6-7-13-27(26)38-36(37)42)35-24-11-5-3-9-21(24)17-18-39(32)35/h3-20,31-32,35H,1-2H3,(H,38,42)/t31-,32+,35+,37-/m1/s1. The normalized spacial score (nSPS) is 22.6. The van der Waals surface area contributed by atoms with E-state index in [1.165, 1.54) is 14.2 Å². The fourth-order valence-corrected chi connectivity index (χ4v) is 7.59. The van der Waals surface area contributed by atoms with E-state index in [1.54, 1.807) is 30.3 Å². The first-order valence-corrected chi connectivity index (χ1v) is 14.7. The average molecular weight is 597 g/mol. The number of hydrogen-bond acceptors (Lipinski definition) is 7. The minimum atomic E-state index is -1.47. The van der Waals surface area contributed by atoms with Gasteiger partial charge in [-0.05, 0) is 59.2 Å². The molecule has 1 fully saturated rings. The molecule has 0 bridgehead atoms. The molecule has 0 aliphatic carbocycles. The quantitative estimate of drug-likeness (QED) is 0.226. The van der Waals surface area contributed by atoms with E-state index in [4.69, 9.17) is 13.9 Å². The fraction of sp³-hybridized carbons (Fsp3) is 0.162. The summed E-state index contributed by atoms with van der Waals surface area (Å²) in [5.41, 5.74) is 2.37. The van der Waals surface area contributed by atoms with Crippen molar-refractivity contribution in [3.8, 4) is 11.5 Å². The second kappa shape index (κ2) is 9.95. The number of nitrogens with zero attached hydrogens (tertiary/aromatic N) is 1. The van der Waals surface area contributed by atoms with E-state index in [9.17, 15) is 4.79 Å². The van der Waals surface area contributed by atoms with E-state index < -0.39 is 29.2 Å². The summed E-state index contributed by atoms with van der Waals surface area (Å²) in [4.78, 5) is 46.6. The molecule has 8 rings (SSSR count). The lowest BCUT2D eigenvalue weighted by Gasteiger charge is -2.38. The Hall–Kier alpha value is -5.63. The van der Waals surface area contributed by atoms with Crippen LogP contribution in [0, 0.1) is 5.92 Å². The zero-order chi connectivity index (χ0) is 30.9. The van der Waals surface area contributed by atoms with E-state index in [1.807, 2.05) is 83.9 Å². The molecular formula is C37H28N2O6. The lowest BCUT2D eigenvalue weighted by Crippen LogP contribution is -2.49. The average Bonchev–Trinajstić information content (AvgIpc) is 3.74. The summed E-state index contributed by atoms with van der Waals surface area (Å²) in [6.45, 7) is 0. The van der Waals surface area contributed by atoms with E-state index in [0.29, 0.717) is 28.3 Å². The minimum absolute atomic E-state index is 0.0882. The maximum absolute atomic E-state index is 15.1. The van der Waals surface area contributed by atoms with Crippen LogP contribution in [0.1, 0.15) is 43.6 Å². The van der Waals surface area contributed by atoms with Crippen LogP contribution in [-0.4, -0.2) is 42.6 Å². The van der Waals surface area contributed by atoms with Crippen molar-refractivity contribution < 1.29 is 28.3 Å². The molecule has 0 radical (unpaired) electrons. The van der Waals surface area contributed by atoms with Gasteiger partial charge in [0, 0.05) is 17.3 Å². The summed E-state index contributed by atoms with van der Waals surface area (Å²) < 4.78 is 17.2. The highest BCUT2D eigenvalue weighted by Crippen LogP contribution is 2.62. The number of benzene rings is 4. The van der Waals surface area contributed by atoms with Gasteiger partial charge in [-0.2, -0.15) is 0 Å². The Morgan fingerprint density at radius 2 is 1.64 bits per heavy atom. The molecule has 1 saturated heterocycles. The van der Waals surface area contributed by atoms with Crippen LogP contribution in [-0.2, 0) is 10.2 Å². The van der Waals surface area contributed by atoms with Crippen molar-refractivity contribution >= 4 is 40.2 Å². The summed E-state index contributed by atoms with van der Waals surface area (Å²) in [5.74, 6) is -1.43. The Kier molecular flexibility index (Phi) is 5.96. The first-order valence-electron chi connectivity index (χ1n) is 14.7. The van der Waals surface area contributed by atoms with Gasteiger partial charge in [-0.25, -0.2) is 0 Å². The number of fused-ring (bicyclic) bond motifs is 7. The largest absolute Gasteiger partial charge is 0.497 e. The minimum Gasteiger partial charge on any atom is -0.497 e. The lowest BCUT2D eigenvalue weighted by molar-refractivity contribution is -0.122. The van der Waals surface area contributed by atoms with Crippen molar-refractivity contribution in [3.05, 3.63) is 131 Å². The van der Waals surface area contributed by atoms with Gasteiger partial charge in [0.05, 0.1) is 31.7 Å². The van der Waals surface area contributed by atoms with Crippen LogP contribution in [0.3, 0.4) is 0 Å². The molecule has 222 valence electrons. The monoisotopic (exact) mass is 596 g/mol. The summed E-state index contributed by atoms with van der Waals surface area (Å²) in [7, 11) is 3.01. The number of amides is 1. The number of anilines is 1. The first-order chi connectivity index (χ1) is 22.0. The van der Waals surface area contributed by atoms with Crippen LogP contribution in [0.2, 0.25) is 0 Å². The van der Waals surface area contributed by atoms with Gasteiger partial charge in [-0.15, -0.1) is 0 Å². The third kappa shape index (κ3) is 3.68. The van der Waals surface area contributed by atoms with E-state index >= 15 is 9.59 Å². The number of carbonyl (C=O) groups excluding carboxylic acids is 3. The number of methoxy groups -OCH3 is 2. The van der Waals surface area contributed by atoms with Gasteiger partial charge in [-0.1, -0.05) is 60.7 Å². The molecule has 1 amide bonds. The number of furan rings is 1. The van der Waals surface area contributed by atoms with Gasteiger partial charge in [0.1, 0.15) is 28.5 Å². The predicted molar refractivity (Wildman–Crippen MR) is 169 cm³/mol. The molecule has 0 saturated carbocycles. The van der Waals surface area contributed by atoms with Gasteiger partial charge in [-0.3, -0.25) is 14.4 Å². The highest BCUT2D eigenvalue weighted by atomic mass is 16.5. The van der Waals surface area contributed by atoms with Gasteiger partial charge >= 0.3 is 0 Å². The molecule has 4 heterocycles. The van der Waals surface area contributed by atoms with Crippen molar-refractivity contribution in [3.63, 3.8) is 0 Å². The molecule has 5 aromatic rings. The first kappa shape index (κ1) is 27.0. The molecular weight excluding hydrogens is 568 g/mol. The third-order valence-electron chi connectivity index (χ3n) is 9.46. The molecule has 8 nitrogen and oxygen atoms in total. The number of carbonyl (C=O) groups is 3. The molecule has 1 aromatic heterocycles. The maximum atomic E-state index is 15.1. The molecule has 0 unspecified atom stereocenters. The number of hydrogen-bond donors (Lipinski definition) is 1. The number of para-hydroxylation sites is 2. The second-order valence-corrected chi connectivity index (χ2v) is 11.5. The molecule has 1 N–H and O–H groups in total. The second-order valence-electron chi connectivity index (χ2n) is 11.5. The smallest absolute Gasteiger partial charge is 0.238 e. The molecule has 1 spiro atoms. The topological polar surface area (TPSA) is 98.1 Å². The molecule has 4 atom stereocenters. The number of nitrogens with one attached hydrogen (secondary N) is 1. The van der Waals surface area contributed by atoms with Crippen LogP contribution in [0.5, 0.6) is 11.5 Å². The molecule has 3 aliphatic heterocycles. The summed E-state index contributed by atoms with van der Waals surface area (Å²) >= 11 is 0.